The zero-order valence-electron chi connectivity index (χ0n) is 16.9. The molecule has 3 N–H and O–H groups in total. The van der Waals surface area contributed by atoms with Crippen molar-refractivity contribution in [2.24, 2.45) is 0 Å². The van der Waals surface area contributed by atoms with Crippen LogP contribution in [0.25, 0.3) is 22.5 Å². The van der Waals surface area contributed by atoms with Crippen LogP contribution >= 0.6 is 12.4 Å². The second-order valence-electron chi connectivity index (χ2n) is 8.15. The molecular weight excluding hydrogens is 411 g/mol. The number of pyridine rings is 1. The fourth-order valence-corrected chi connectivity index (χ4v) is 3.47. The van der Waals surface area contributed by atoms with Gasteiger partial charge in [-0.25, -0.2) is 9.97 Å². The van der Waals surface area contributed by atoms with E-state index >= 15 is 0 Å². The number of H-pyrrole nitrogens is 1. The van der Waals surface area contributed by atoms with Crippen LogP contribution in [0.5, 0.6) is 5.75 Å². The lowest BCUT2D eigenvalue weighted by atomic mass is 10.1. The molecule has 1 aliphatic heterocycles. The van der Waals surface area contributed by atoms with Gasteiger partial charge in [-0.05, 0) is 33.3 Å². The Labute approximate surface area is 179 Å². The van der Waals surface area contributed by atoms with Crippen LogP contribution in [0, 0.1) is 5.95 Å². The SMILES string of the molecule is CC(C)(C)N[C@H]1CCN(c2ncc(-c3ncc(-c4c[nH]nc4F)cc3O)nn2)C1.Cl. The Bertz CT molecular complexity index is 1000. The average molecular weight is 435 g/mol. The van der Waals surface area contributed by atoms with Crippen molar-refractivity contribution in [3.63, 3.8) is 0 Å². The molecule has 1 saturated heterocycles. The highest BCUT2D eigenvalue weighted by Gasteiger charge is 2.27. The van der Waals surface area contributed by atoms with Gasteiger partial charge in [-0.15, -0.1) is 27.7 Å². The summed E-state index contributed by atoms with van der Waals surface area (Å²) in [5.41, 5.74) is 1.26. The molecule has 4 rings (SSSR count). The summed E-state index contributed by atoms with van der Waals surface area (Å²) in [6.07, 6.45) is 5.39. The third kappa shape index (κ3) is 4.65. The number of nitrogens with one attached hydrogen (secondary N) is 2. The van der Waals surface area contributed by atoms with Crippen molar-refractivity contribution >= 4 is 18.4 Å². The quantitative estimate of drug-likeness (QED) is 0.573. The fourth-order valence-electron chi connectivity index (χ4n) is 3.47. The van der Waals surface area contributed by atoms with Gasteiger partial charge in [0.15, 0.2) is 0 Å². The van der Waals surface area contributed by atoms with Crippen molar-refractivity contribution < 1.29 is 9.50 Å². The second kappa shape index (κ2) is 8.49. The van der Waals surface area contributed by atoms with Crippen LogP contribution in [-0.2, 0) is 0 Å². The molecule has 160 valence electrons. The van der Waals surface area contributed by atoms with E-state index in [1.807, 2.05) is 0 Å². The normalized spacial score (nSPS) is 16.5. The van der Waals surface area contributed by atoms with Gasteiger partial charge in [0.2, 0.25) is 11.9 Å². The maximum Gasteiger partial charge on any atom is 0.245 e. The lowest BCUT2D eigenvalue weighted by molar-refractivity contribution is 0.373. The molecule has 1 fully saturated rings. The zero-order valence-corrected chi connectivity index (χ0v) is 17.7. The molecule has 30 heavy (non-hydrogen) atoms. The van der Waals surface area contributed by atoms with Crippen molar-refractivity contribution in [1.82, 2.24) is 35.7 Å². The molecular formula is C19H24ClFN8O. The third-order valence-corrected chi connectivity index (χ3v) is 4.67. The van der Waals surface area contributed by atoms with Gasteiger partial charge < -0.3 is 15.3 Å². The van der Waals surface area contributed by atoms with Crippen molar-refractivity contribution in [2.75, 3.05) is 18.0 Å². The minimum absolute atomic E-state index is 0. The Morgan fingerprint density at radius 1 is 1.23 bits per heavy atom. The smallest absolute Gasteiger partial charge is 0.245 e. The number of halogens is 2. The van der Waals surface area contributed by atoms with Gasteiger partial charge >= 0.3 is 0 Å². The number of rotatable bonds is 4. The Morgan fingerprint density at radius 3 is 2.63 bits per heavy atom. The van der Waals surface area contributed by atoms with E-state index in [0.29, 0.717) is 23.2 Å². The zero-order chi connectivity index (χ0) is 20.6. The highest BCUT2D eigenvalue weighted by atomic mass is 35.5. The van der Waals surface area contributed by atoms with E-state index in [1.54, 1.807) is 0 Å². The topological polar surface area (TPSA) is 116 Å². The van der Waals surface area contributed by atoms with Crippen LogP contribution in [0.3, 0.4) is 0 Å². The van der Waals surface area contributed by atoms with Gasteiger partial charge in [0.25, 0.3) is 0 Å². The van der Waals surface area contributed by atoms with Crippen LogP contribution in [-0.4, -0.2) is 60.1 Å². The van der Waals surface area contributed by atoms with Crippen LogP contribution in [0.15, 0.2) is 24.7 Å². The molecule has 0 bridgehead atoms. The minimum atomic E-state index is -0.658. The number of nitrogens with zero attached hydrogens (tertiary/aromatic N) is 6. The van der Waals surface area contributed by atoms with E-state index in [4.69, 9.17) is 0 Å². The van der Waals surface area contributed by atoms with Crippen LogP contribution < -0.4 is 10.2 Å². The number of hydrogen-bond acceptors (Lipinski definition) is 8. The fraction of sp³-hybridized carbons (Fsp3) is 0.421. The molecule has 1 aliphatic rings. The molecule has 0 amide bonds. The summed E-state index contributed by atoms with van der Waals surface area (Å²) >= 11 is 0. The maximum absolute atomic E-state index is 13.6. The van der Waals surface area contributed by atoms with Crippen molar-refractivity contribution in [3.8, 4) is 28.3 Å². The Hall–Kier alpha value is -2.85. The van der Waals surface area contributed by atoms with Crippen LogP contribution in [0.1, 0.15) is 27.2 Å². The molecule has 0 saturated carbocycles. The third-order valence-electron chi connectivity index (χ3n) is 4.67. The van der Waals surface area contributed by atoms with E-state index in [0.717, 1.165) is 19.5 Å². The first kappa shape index (κ1) is 21.8. The van der Waals surface area contributed by atoms with Gasteiger partial charge in [-0.3, -0.25) is 5.10 Å². The summed E-state index contributed by atoms with van der Waals surface area (Å²) in [5, 5.41) is 28.2. The van der Waals surface area contributed by atoms with Crippen molar-refractivity contribution in [1.29, 1.82) is 0 Å². The number of anilines is 1. The van der Waals surface area contributed by atoms with Gasteiger partial charge in [0.05, 0.1) is 11.8 Å². The molecule has 0 radical (unpaired) electrons. The Kier molecular flexibility index (Phi) is 6.18. The van der Waals surface area contributed by atoms with Crippen molar-refractivity contribution in [2.45, 2.75) is 38.8 Å². The lowest BCUT2D eigenvalue weighted by Gasteiger charge is -2.25. The molecule has 1 atom stereocenters. The Balaban J connectivity index is 0.00000256. The summed E-state index contributed by atoms with van der Waals surface area (Å²) in [7, 11) is 0. The van der Waals surface area contributed by atoms with Gasteiger partial charge in [0.1, 0.15) is 17.1 Å². The largest absolute Gasteiger partial charge is 0.506 e. The summed E-state index contributed by atoms with van der Waals surface area (Å²) in [4.78, 5) is 10.7. The number of aromatic nitrogens is 6. The molecule has 9 nitrogen and oxygen atoms in total. The first-order chi connectivity index (χ1) is 13.8. The summed E-state index contributed by atoms with van der Waals surface area (Å²) < 4.78 is 13.6. The number of hydrogen-bond donors (Lipinski definition) is 3. The summed E-state index contributed by atoms with van der Waals surface area (Å²) in [6, 6.07) is 1.79. The van der Waals surface area contributed by atoms with Gasteiger partial charge in [-0.1, -0.05) is 0 Å². The Morgan fingerprint density at radius 2 is 2.03 bits per heavy atom. The average Bonchev–Trinajstić information content (AvgIpc) is 3.29. The predicted octanol–water partition coefficient (Wildman–Crippen LogP) is 2.56. The van der Waals surface area contributed by atoms with Crippen LogP contribution in [0.2, 0.25) is 0 Å². The monoisotopic (exact) mass is 434 g/mol. The van der Waals surface area contributed by atoms with Gasteiger partial charge in [0, 0.05) is 42.6 Å². The maximum atomic E-state index is 13.6. The second-order valence-corrected chi connectivity index (χ2v) is 8.15. The molecule has 0 aliphatic carbocycles. The molecule has 0 spiro atoms. The predicted molar refractivity (Wildman–Crippen MR) is 113 cm³/mol. The molecule has 3 aromatic rings. The highest BCUT2D eigenvalue weighted by molar-refractivity contribution is 5.85. The lowest BCUT2D eigenvalue weighted by Crippen LogP contribution is -2.45. The van der Waals surface area contributed by atoms with E-state index in [2.05, 4.69) is 61.4 Å². The van der Waals surface area contributed by atoms with Crippen LogP contribution in [0.4, 0.5) is 10.3 Å². The van der Waals surface area contributed by atoms with E-state index in [1.165, 1.54) is 24.7 Å². The standard InChI is InChI=1S/C19H23FN8O.ClH/c1-19(2,3)24-12-4-5-28(10-12)18-22-9-14(25-27-18)16-15(29)6-11(7-21-16)13-8-23-26-17(13)20;/h6-9,12,24,29H,4-5,10H2,1-3H3,(H,23,26);1H/t12-;/m0./s1. The molecule has 0 aromatic carbocycles. The highest BCUT2D eigenvalue weighted by Crippen LogP contribution is 2.30. The molecule has 4 heterocycles. The number of aromatic hydroxyl groups is 1. The summed E-state index contributed by atoms with van der Waals surface area (Å²) in [6.45, 7) is 8.10. The summed E-state index contributed by atoms with van der Waals surface area (Å²) in [5.74, 6) is -0.249. The van der Waals surface area contributed by atoms with E-state index in [9.17, 15) is 9.50 Å². The molecule has 3 aromatic heterocycles. The number of aromatic amines is 1. The minimum Gasteiger partial charge on any atom is -0.506 e. The molecule has 0 unspecified atom stereocenters. The van der Waals surface area contributed by atoms with Crippen molar-refractivity contribution in [3.05, 3.63) is 30.6 Å². The first-order valence-electron chi connectivity index (χ1n) is 9.41. The van der Waals surface area contributed by atoms with E-state index in [-0.39, 0.29) is 35.0 Å². The van der Waals surface area contributed by atoms with Gasteiger partial charge in [-0.2, -0.15) is 4.39 Å². The first-order valence-corrected chi connectivity index (χ1v) is 9.41. The molecule has 11 heteroatoms. The van der Waals surface area contributed by atoms with E-state index < -0.39 is 5.95 Å².